The molecule has 20 heavy (non-hydrogen) atoms. The van der Waals surface area contributed by atoms with Crippen molar-refractivity contribution in [3.8, 4) is 0 Å². The average molecular weight is 313 g/mol. The van der Waals surface area contributed by atoms with E-state index in [0.29, 0.717) is 21.9 Å². The zero-order valence-electron chi connectivity index (χ0n) is 11.2. The first-order valence-corrected chi connectivity index (χ1v) is 7.78. The number of likely N-dealkylation sites (tertiary alicyclic amines) is 1. The summed E-state index contributed by atoms with van der Waals surface area (Å²) in [5.41, 5.74) is 6.83. The van der Waals surface area contributed by atoms with Crippen molar-refractivity contribution < 1.29 is 4.79 Å². The lowest BCUT2D eigenvalue weighted by atomic mass is 9.98. The summed E-state index contributed by atoms with van der Waals surface area (Å²) < 4.78 is 0. The molecule has 3 nitrogen and oxygen atoms in total. The van der Waals surface area contributed by atoms with Crippen molar-refractivity contribution in [2.75, 3.05) is 13.1 Å². The molecule has 1 saturated heterocycles. The molecule has 1 aromatic rings. The van der Waals surface area contributed by atoms with Crippen molar-refractivity contribution in [2.24, 2.45) is 17.6 Å². The number of rotatable bonds is 2. The maximum atomic E-state index is 12.4. The lowest BCUT2D eigenvalue weighted by Crippen LogP contribution is -2.34. The molecule has 3 unspecified atom stereocenters. The van der Waals surface area contributed by atoms with Crippen LogP contribution in [0.2, 0.25) is 10.0 Å². The van der Waals surface area contributed by atoms with Crippen LogP contribution in [0.3, 0.4) is 0 Å². The predicted octanol–water partition coefficient (Wildman–Crippen LogP) is 2.73. The zero-order valence-corrected chi connectivity index (χ0v) is 12.7. The summed E-state index contributed by atoms with van der Waals surface area (Å²) in [6.45, 7) is 1.62. The first-order valence-electron chi connectivity index (χ1n) is 7.02. The Morgan fingerprint density at radius 2 is 1.95 bits per heavy atom. The number of benzene rings is 1. The normalized spacial score (nSPS) is 28.8. The van der Waals surface area contributed by atoms with Gasteiger partial charge in [-0.25, -0.2) is 0 Å². The summed E-state index contributed by atoms with van der Waals surface area (Å²) in [7, 11) is 0. The standard InChI is InChI=1S/C15H18Cl2N2O/c16-12-2-1-3-13(17)10(12)6-15(20)19-7-9-4-5-14(18)11(9)8-19/h1-3,9,11,14H,4-8,18H2. The maximum Gasteiger partial charge on any atom is 0.227 e. The van der Waals surface area contributed by atoms with Gasteiger partial charge in [0.05, 0.1) is 6.42 Å². The molecule has 1 amide bonds. The number of halogens is 2. The molecular formula is C15H18Cl2N2O. The van der Waals surface area contributed by atoms with Gasteiger partial charge >= 0.3 is 0 Å². The van der Waals surface area contributed by atoms with Crippen molar-refractivity contribution in [1.29, 1.82) is 0 Å². The fraction of sp³-hybridized carbons (Fsp3) is 0.533. The number of nitrogens with zero attached hydrogens (tertiary/aromatic N) is 1. The minimum atomic E-state index is 0.0987. The number of amides is 1. The van der Waals surface area contributed by atoms with Crippen LogP contribution in [-0.4, -0.2) is 29.9 Å². The van der Waals surface area contributed by atoms with Crippen LogP contribution in [0.1, 0.15) is 18.4 Å². The maximum absolute atomic E-state index is 12.4. The third kappa shape index (κ3) is 2.54. The van der Waals surface area contributed by atoms with E-state index in [1.165, 1.54) is 0 Å². The fourth-order valence-electron chi connectivity index (χ4n) is 3.48. The van der Waals surface area contributed by atoms with E-state index in [9.17, 15) is 4.79 Å². The third-order valence-corrected chi connectivity index (χ3v) is 5.36. The Hall–Kier alpha value is -0.770. The molecule has 1 aliphatic carbocycles. The fourth-order valence-corrected chi connectivity index (χ4v) is 4.01. The molecule has 1 aromatic carbocycles. The summed E-state index contributed by atoms with van der Waals surface area (Å²) in [6.07, 6.45) is 2.50. The summed E-state index contributed by atoms with van der Waals surface area (Å²) in [5.74, 6) is 1.15. The van der Waals surface area contributed by atoms with Gasteiger partial charge < -0.3 is 10.6 Å². The highest BCUT2D eigenvalue weighted by Gasteiger charge is 2.42. The van der Waals surface area contributed by atoms with Gasteiger partial charge in [0.15, 0.2) is 0 Å². The second-order valence-corrected chi connectivity index (χ2v) is 6.66. The number of hydrogen-bond donors (Lipinski definition) is 1. The molecular weight excluding hydrogens is 295 g/mol. The van der Waals surface area contributed by atoms with E-state index in [1.807, 2.05) is 4.90 Å². The van der Waals surface area contributed by atoms with Gasteiger partial charge in [0, 0.05) is 29.2 Å². The second kappa shape index (κ2) is 5.55. The summed E-state index contributed by atoms with van der Waals surface area (Å²) in [6, 6.07) is 5.58. The van der Waals surface area contributed by atoms with Gasteiger partial charge in [0.25, 0.3) is 0 Å². The minimum absolute atomic E-state index is 0.0987. The molecule has 2 aliphatic rings. The Morgan fingerprint density at radius 3 is 2.60 bits per heavy atom. The van der Waals surface area contributed by atoms with Crippen molar-refractivity contribution in [1.82, 2.24) is 4.90 Å². The highest BCUT2D eigenvalue weighted by molar-refractivity contribution is 6.36. The lowest BCUT2D eigenvalue weighted by molar-refractivity contribution is -0.129. The van der Waals surface area contributed by atoms with E-state index in [-0.39, 0.29) is 18.4 Å². The average Bonchev–Trinajstić information content (AvgIpc) is 2.97. The molecule has 1 aliphatic heterocycles. The second-order valence-electron chi connectivity index (χ2n) is 5.84. The Balaban J connectivity index is 1.69. The molecule has 0 spiro atoms. The smallest absolute Gasteiger partial charge is 0.227 e. The molecule has 2 fully saturated rings. The van der Waals surface area contributed by atoms with Crippen LogP contribution in [0.15, 0.2) is 18.2 Å². The molecule has 1 heterocycles. The number of nitrogens with two attached hydrogens (primary N) is 1. The quantitative estimate of drug-likeness (QED) is 0.912. The first kappa shape index (κ1) is 14.2. The summed E-state index contributed by atoms with van der Waals surface area (Å²) >= 11 is 12.2. The molecule has 2 N–H and O–H groups in total. The monoisotopic (exact) mass is 312 g/mol. The van der Waals surface area contributed by atoms with E-state index in [4.69, 9.17) is 28.9 Å². The van der Waals surface area contributed by atoms with Crippen molar-refractivity contribution >= 4 is 29.1 Å². The Labute approximate surface area is 129 Å². The van der Waals surface area contributed by atoms with Crippen LogP contribution in [0.25, 0.3) is 0 Å². The van der Waals surface area contributed by atoms with Gasteiger partial charge in [0.2, 0.25) is 5.91 Å². The molecule has 108 valence electrons. The highest BCUT2D eigenvalue weighted by Crippen LogP contribution is 2.37. The Bertz CT molecular complexity index is 514. The molecule has 1 saturated carbocycles. The molecule has 3 rings (SSSR count). The predicted molar refractivity (Wildman–Crippen MR) is 80.9 cm³/mol. The largest absolute Gasteiger partial charge is 0.342 e. The van der Waals surface area contributed by atoms with E-state index in [0.717, 1.165) is 31.5 Å². The van der Waals surface area contributed by atoms with E-state index < -0.39 is 0 Å². The van der Waals surface area contributed by atoms with Crippen LogP contribution in [0.4, 0.5) is 0 Å². The van der Waals surface area contributed by atoms with Gasteiger partial charge in [-0.2, -0.15) is 0 Å². The SMILES string of the molecule is NC1CCC2CN(C(=O)Cc3c(Cl)cccc3Cl)CC12. The summed E-state index contributed by atoms with van der Waals surface area (Å²) in [4.78, 5) is 14.3. The van der Waals surface area contributed by atoms with E-state index >= 15 is 0 Å². The molecule has 3 atom stereocenters. The number of carbonyl (C=O) groups is 1. The van der Waals surface area contributed by atoms with Crippen molar-refractivity contribution in [3.05, 3.63) is 33.8 Å². The van der Waals surface area contributed by atoms with Crippen LogP contribution in [0, 0.1) is 11.8 Å². The molecule has 0 bridgehead atoms. The van der Waals surface area contributed by atoms with Crippen LogP contribution >= 0.6 is 23.2 Å². The third-order valence-electron chi connectivity index (χ3n) is 4.65. The van der Waals surface area contributed by atoms with Crippen molar-refractivity contribution in [3.63, 3.8) is 0 Å². The first-order chi connectivity index (χ1) is 9.56. The van der Waals surface area contributed by atoms with Gasteiger partial charge in [0.1, 0.15) is 0 Å². The minimum Gasteiger partial charge on any atom is -0.342 e. The number of hydrogen-bond acceptors (Lipinski definition) is 2. The van der Waals surface area contributed by atoms with Gasteiger partial charge in [-0.1, -0.05) is 29.3 Å². The van der Waals surface area contributed by atoms with Gasteiger partial charge in [-0.15, -0.1) is 0 Å². The van der Waals surface area contributed by atoms with Gasteiger partial charge in [-0.3, -0.25) is 4.79 Å². The summed E-state index contributed by atoms with van der Waals surface area (Å²) in [5, 5.41) is 1.11. The Morgan fingerprint density at radius 1 is 1.25 bits per heavy atom. The highest BCUT2D eigenvalue weighted by atomic mass is 35.5. The van der Waals surface area contributed by atoms with Crippen LogP contribution in [-0.2, 0) is 11.2 Å². The zero-order chi connectivity index (χ0) is 14.3. The number of carbonyl (C=O) groups excluding carboxylic acids is 1. The molecule has 5 heteroatoms. The molecule has 0 aromatic heterocycles. The number of fused-ring (bicyclic) bond motifs is 1. The van der Waals surface area contributed by atoms with Crippen molar-refractivity contribution in [2.45, 2.75) is 25.3 Å². The topological polar surface area (TPSA) is 46.3 Å². The molecule has 0 radical (unpaired) electrons. The van der Waals surface area contributed by atoms with Crippen LogP contribution in [0.5, 0.6) is 0 Å². The van der Waals surface area contributed by atoms with Crippen LogP contribution < -0.4 is 5.73 Å². The lowest BCUT2D eigenvalue weighted by Gasteiger charge is -2.19. The Kier molecular flexibility index (Phi) is 3.93. The van der Waals surface area contributed by atoms with E-state index in [1.54, 1.807) is 18.2 Å². The van der Waals surface area contributed by atoms with E-state index in [2.05, 4.69) is 0 Å². The van der Waals surface area contributed by atoms with Gasteiger partial charge in [-0.05, 0) is 42.4 Å².